The van der Waals surface area contributed by atoms with Gasteiger partial charge in [-0.1, -0.05) is 132 Å². The number of para-hydroxylation sites is 4. The molecule has 4 heteroatoms. The van der Waals surface area contributed by atoms with Crippen LogP contribution in [0.15, 0.2) is 146 Å². The predicted molar refractivity (Wildman–Crippen MR) is 185 cm³/mol. The van der Waals surface area contributed by atoms with Crippen molar-refractivity contribution in [2.24, 2.45) is 0 Å². The first-order valence-corrected chi connectivity index (χ1v) is 15.3. The number of rotatable bonds is 2. The number of hydrogen-bond donors (Lipinski definition) is 0. The van der Waals surface area contributed by atoms with Crippen LogP contribution < -0.4 is 42.3 Å². The molecule has 0 bridgehead atoms. The molecule has 2 aliphatic rings. The summed E-state index contributed by atoms with van der Waals surface area (Å²) in [6.45, 7) is 0.156. The van der Waals surface area contributed by atoms with Crippen molar-refractivity contribution in [1.82, 2.24) is 0 Å². The van der Waals surface area contributed by atoms with Crippen LogP contribution in [-0.4, -0.2) is 13.4 Å². The van der Waals surface area contributed by atoms with Gasteiger partial charge in [0.15, 0.2) is 0 Å². The fraction of sp³-hybridized carbons (Fsp3) is 0. The molecule has 8 aromatic carbocycles. The monoisotopic (exact) mass is 558 g/mol. The lowest BCUT2D eigenvalue weighted by atomic mass is 9.35. The molecule has 2 aliphatic heterocycles. The molecule has 2 nitrogen and oxygen atoms in total. The third-order valence-electron chi connectivity index (χ3n) is 9.71. The Bertz CT molecular complexity index is 2170. The number of ether oxygens (including phenoxy) is 2. The second-order valence-electron chi connectivity index (χ2n) is 12.0. The maximum atomic E-state index is 6.38. The molecule has 8 aromatic rings. The van der Waals surface area contributed by atoms with Crippen molar-refractivity contribution in [2.45, 2.75) is 0 Å². The summed E-state index contributed by atoms with van der Waals surface area (Å²) < 4.78 is 12.8. The zero-order valence-electron chi connectivity index (χ0n) is 23.8. The molecule has 0 saturated carbocycles. The second-order valence-corrected chi connectivity index (χ2v) is 12.0. The summed E-state index contributed by atoms with van der Waals surface area (Å²) >= 11 is 0. The van der Waals surface area contributed by atoms with Crippen LogP contribution in [-0.2, 0) is 0 Å². The van der Waals surface area contributed by atoms with Gasteiger partial charge in [0.05, 0.1) is 0 Å². The Morgan fingerprint density at radius 3 is 0.977 bits per heavy atom. The summed E-state index contributed by atoms with van der Waals surface area (Å²) in [6, 6.07) is 52.5. The number of fused-ring (bicyclic) bond motifs is 4. The molecular formula is C40H24B2O2. The zero-order chi connectivity index (χ0) is 28.8. The lowest BCUT2D eigenvalue weighted by Gasteiger charge is -2.29. The molecule has 0 atom stereocenters. The van der Waals surface area contributed by atoms with Gasteiger partial charge in [-0.05, 0) is 78.4 Å². The average molecular weight is 558 g/mol. The summed E-state index contributed by atoms with van der Waals surface area (Å²) in [5, 5.41) is 7.77. The van der Waals surface area contributed by atoms with Crippen molar-refractivity contribution in [3.05, 3.63) is 146 Å². The normalized spacial score (nSPS) is 13.3. The summed E-state index contributed by atoms with van der Waals surface area (Å²) in [5.74, 6) is 3.73. The third-order valence-corrected chi connectivity index (χ3v) is 9.71. The molecule has 10 rings (SSSR count). The summed E-state index contributed by atoms with van der Waals surface area (Å²) in [5.41, 5.74) is 7.44. The second kappa shape index (κ2) is 9.02. The highest BCUT2D eigenvalue weighted by Crippen LogP contribution is 2.35. The van der Waals surface area contributed by atoms with E-state index in [4.69, 9.17) is 9.47 Å². The smallest absolute Gasteiger partial charge is 0.251 e. The minimum atomic E-state index is 0.0782. The lowest BCUT2D eigenvalue weighted by Crippen LogP contribution is -2.55. The van der Waals surface area contributed by atoms with Crippen LogP contribution in [0.5, 0.6) is 23.0 Å². The largest absolute Gasteiger partial charge is 0.458 e. The van der Waals surface area contributed by atoms with Gasteiger partial charge in [-0.25, -0.2) is 0 Å². The van der Waals surface area contributed by atoms with Gasteiger partial charge in [-0.2, -0.15) is 0 Å². The predicted octanol–water partition coefficient (Wildman–Crippen LogP) is 5.83. The van der Waals surface area contributed by atoms with Gasteiger partial charge >= 0.3 is 0 Å². The van der Waals surface area contributed by atoms with Crippen molar-refractivity contribution in [1.29, 1.82) is 0 Å². The fourth-order valence-electron chi connectivity index (χ4n) is 7.84. The van der Waals surface area contributed by atoms with E-state index in [1.807, 2.05) is 0 Å². The van der Waals surface area contributed by atoms with Gasteiger partial charge in [0, 0.05) is 0 Å². The van der Waals surface area contributed by atoms with Crippen molar-refractivity contribution in [3.8, 4) is 23.0 Å². The number of hydrogen-bond acceptors (Lipinski definition) is 2. The van der Waals surface area contributed by atoms with Crippen LogP contribution in [0.4, 0.5) is 0 Å². The Labute approximate surface area is 256 Å². The molecule has 0 saturated heterocycles. The van der Waals surface area contributed by atoms with Gasteiger partial charge in [0.25, 0.3) is 13.4 Å². The third kappa shape index (κ3) is 3.28. The molecule has 0 N–H and O–H groups in total. The first-order valence-electron chi connectivity index (χ1n) is 15.3. The standard InChI is InChI=1S/C40H24B2O2/c1-5-13-35-31(9-1)41(32-10-2-6-14-36(32)43-35)29-23-19-25-17-18-26-20-24-30(28-22-21-27(29)39(25)40(26)28)42-33-11-3-7-15-37(33)44-38-16-8-4-12-34(38)42/h1-24H. The highest BCUT2D eigenvalue weighted by atomic mass is 16.5. The maximum absolute atomic E-state index is 6.38. The summed E-state index contributed by atoms with van der Waals surface area (Å²) in [4.78, 5) is 0. The molecule has 0 radical (unpaired) electrons. The molecule has 0 amide bonds. The maximum Gasteiger partial charge on any atom is 0.251 e. The molecule has 44 heavy (non-hydrogen) atoms. The van der Waals surface area contributed by atoms with E-state index in [2.05, 4.69) is 146 Å². The van der Waals surface area contributed by atoms with Gasteiger partial charge in [-0.15, -0.1) is 0 Å². The molecule has 0 aromatic heterocycles. The van der Waals surface area contributed by atoms with E-state index in [1.54, 1.807) is 0 Å². The molecule has 0 unspecified atom stereocenters. The number of benzene rings is 8. The molecular weight excluding hydrogens is 534 g/mol. The fourth-order valence-corrected chi connectivity index (χ4v) is 7.84. The zero-order valence-corrected chi connectivity index (χ0v) is 23.8. The molecule has 0 fully saturated rings. The van der Waals surface area contributed by atoms with Crippen molar-refractivity contribution >= 4 is 78.5 Å². The van der Waals surface area contributed by atoms with E-state index in [-0.39, 0.29) is 13.4 Å². The van der Waals surface area contributed by atoms with Gasteiger partial charge in [0.1, 0.15) is 23.0 Å². The first-order chi connectivity index (χ1) is 21.8. The quantitative estimate of drug-likeness (QED) is 0.197. The van der Waals surface area contributed by atoms with Crippen LogP contribution in [0.25, 0.3) is 32.3 Å². The van der Waals surface area contributed by atoms with E-state index < -0.39 is 0 Å². The summed E-state index contributed by atoms with van der Waals surface area (Å²) in [6.07, 6.45) is 0. The Morgan fingerprint density at radius 2 is 0.614 bits per heavy atom. The van der Waals surface area contributed by atoms with Crippen LogP contribution in [0, 0.1) is 0 Å². The molecule has 0 aliphatic carbocycles. The molecule has 202 valence electrons. The Morgan fingerprint density at radius 1 is 0.295 bits per heavy atom. The van der Waals surface area contributed by atoms with E-state index in [1.165, 1.54) is 65.1 Å². The van der Waals surface area contributed by atoms with Gasteiger partial charge < -0.3 is 9.47 Å². The lowest BCUT2D eigenvalue weighted by molar-refractivity contribution is 0.487. The van der Waals surface area contributed by atoms with Crippen molar-refractivity contribution < 1.29 is 9.47 Å². The van der Waals surface area contributed by atoms with Crippen molar-refractivity contribution in [2.75, 3.05) is 0 Å². The Kier molecular flexibility index (Phi) is 4.92. The summed E-state index contributed by atoms with van der Waals surface area (Å²) in [7, 11) is 0. The van der Waals surface area contributed by atoms with E-state index in [0.29, 0.717) is 0 Å². The minimum Gasteiger partial charge on any atom is -0.458 e. The highest BCUT2D eigenvalue weighted by Gasteiger charge is 2.35. The van der Waals surface area contributed by atoms with Crippen LogP contribution >= 0.6 is 0 Å². The Hall–Kier alpha value is -5.47. The molecule has 0 spiro atoms. The van der Waals surface area contributed by atoms with Crippen LogP contribution in [0.2, 0.25) is 0 Å². The SMILES string of the molecule is c1ccc2c(c1)Oc1ccccc1B2c1ccc2ccc3ccc(B4c5ccccc5Oc5ccccc54)c4ccc1c2c34. The minimum absolute atomic E-state index is 0.0782. The van der Waals surface area contributed by atoms with Gasteiger partial charge in [0.2, 0.25) is 0 Å². The van der Waals surface area contributed by atoms with E-state index in [0.717, 1.165) is 23.0 Å². The molecule has 2 heterocycles. The van der Waals surface area contributed by atoms with Gasteiger partial charge in [-0.3, -0.25) is 0 Å². The van der Waals surface area contributed by atoms with E-state index in [9.17, 15) is 0 Å². The first kappa shape index (κ1) is 24.0. The van der Waals surface area contributed by atoms with E-state index >= 15 is 0 Å². The highest BCUT2D eigenvalue weighted by molar-refractivity contribution is 6.99. The van der Waals surface area contributed by atoms with Crippen LogP contribution in [0.1, 0.15) is 0 Å². The van der Waals surface area contributed by atoms with Crippen molar-refractivity contribution in [3.63, 3.8) is 0 Å². The topological polar surface area (TPSA) is 18.5 Å². The Balaban J connectivity index is 1.27. The average Bonchev–Trinajstić information content (AvgIpc) is 3.08. The van der Waals surface area contributed by atoms with Crippen LogP contribution in [0.3, 0.4) is 0 Å².